The van der Waals surface area contributed by atoms with Crippen LogP contribution in [0.4, 0.5) is 0 Å². The highest BCUT2D eigenvalue weighted by Gasteiger charge is 2.27. The Morgan fingerprint density at radius 1 is 1.30 bits per heavy atom. The van der Waals surface area contributed by atoms with Crippen LogP contribution in [0.5, 0.6) is 0 Å². The zero-order chi connectivity index (χ0) is 17.0. The zero-order valence-electron chi connectivity index (χ0n) is 15.2. The quantitative estimate of drug-likeness (QED) is 0.873. The van der Waals surface area contributed by atoms with Crippen LogP contribution in [-0.4, -0.2) is 42.6 Å². The first-order valence-corrected chi connectivity index (χ1v) is 8.82. The molecule has 1 amide bonds. The van der Waals surface area contributed by atoms with Gasteiger partial charge in [0.05, 0.1) is 5.69 Å². The Kier molecular flexibility index (Phi) is 6.22. The summed E-state index contributed by atoms with van der Waals surface area (Å²) in [5.41, 5.74) is 1.28. The molecule has 1 aliphatic rings. The zero-order valence-corrected chi connectivity index (χ0v) is 15.2. The minimum atomic E-state index is -0.0601. The van der Waals surface area contributed by atoms with E-state index in [4.69, 9.17) is 4.52 Å². The van der Waals surface area contributed by atoms with Crippen molar-refractivity contribution in [3.63, 3.8) is 0 Å². The summed E-state index contributed by atoms with van der Waals surface area (Å²) in [6.45, 7) is 6.54. The average Bonchev–Trinajstić information content (AvgIpc) is 2.90. The molecule has 1 N–H and O–H groups in total. The molecule has 0 aliphatic heterocycles. The third-order valence-corrected chi connectivity index (χ3v) is 4.97. The maximum atomic E-state index is 12.6. The number of amides is 1. The number of carbonyl (C=O) groups is 1. The van der Waals surface area contributed by atoms with E-state index < -0.39 is 0 Å². The lowest BCUT2D eigenvalue weighted by atomic mass is 9.83. The van der Waals surface area contributed by atoms with Gasteiger partial charge in [0.15, 0.2) is 5.76 Å². The molecule has 0 bridgehead atoms. The fraction of sp³-hybridized carbons (Fsp3) is 0.778. The third kappa shape index (κ3) is 4.34. The van der Waals surface area contributed by atoms with E-state index in [2.05, 4.69) is 29.5 Å². The molecule has 1 fully saturated rings. The summed E-state index contributed by atoms with van der Waals surface area (Å²) in [6, 6.07) is 0.391. The topological polar surface area (TPSA) is 58.4 Å². The number of hydrogen-bond donors (Lipinski definition) is 1. The molecule has 0 spiro atoms. The second-order valence-corrected chi connectivity index (χ2v) is 7.30. The fourth-order valence-corrected chi connectivity index (χ4v) is 3.63. The molecular weight excluding hydrogens is 290 g/mol. The highest BCUT2D eigenvalue weighted by Crippen LogP contribution is 2.28. The first-order chi connectivity index (χ1) is 10.9. The first kappa shape index (κ1) is 18.0. The predicted molar refractivity (Wildman–Crippen MR) is 91.7 cm³/mol. The fourth-order valence-electron chi connectivity index (χ4n) is 3.63. The van der Waals surface area contributed by atoms with E-state index in [-0.39, 0.29) is 11.8 Å². The summed E-state index contributed by atoms with van der Waals surface area (Å²) in [5, 5.41) is 7.08. The number of nitrogens with zero attached hydrogens (tertiary/aromatic N) is 2. The molecule has 1 unspecified atom stereocenters. The van der Waals surface area contributed by atoms with Crippen LogP contribution < -0.4 is 5.32 Å². The van der Waals surface area contributed by atoms with Gasteiger partial charge in [0.1, 0.15) is 5.56 Å². The van der Waals surface area contributed by atoms with Gasteiger partial charge in [-0.2, -0.15) is 0 Å². The Morgan fingerprint density at radius 3 is 2.52 bits per heavy atom. The van der Waals surface area contributed by atoms with E-state index in [1.807, 2.05) is 20.8 Å². The SMILES string of the molecule is Cc1noc(C(C)C)c1C(=O)NCC(C1CCCCC1)N(C)C. The second-order valence-electron chi connectivity index (χ2n) is 7.30. The molecule has 5 heteroatoms. The molecule has 23 heavy (non-hydrogen) atoms. The molecule has 1 aromatic rings. The highest BCUT2D eigenvalue weighted by atomic mass is 16.5. The van der Waals surface area contributed by atoms with Crippen LogP contribution in [0, 0.1) is 12.8 Å². The smallest absolute Gasteiger partial charge is 0.256 e. The molecule has 1 saturated carbocycles. The minimum Gasteiger partial charge on any atom is -0.360 e. The summed E-state index contributed by atoms with van der Waals surface area (Å²) in [7, 11) is 4.21. The van der Waals surface area contributed by atoms with Crippen LogP contribution >= 0.6 is 0 Å². The average molecular weight is 321 g/mol. The summed E-state index contributed by atoms with van der Waals surface area (Å²) >= 11 is 0. The number of aromatic nitrogens is 1. The van der Waals surface area contributed by atoms with Crippen LogP contribution in [-0.2, 0) is 0 Å². The van der Waals surface area contributed by atoms with E-state index >= 15 is 0 Å². The monoisotopic (exact) mass is 321 g/mol. The molecule has 5 nitrogen and oxygen atoms in total. The largest absolute Gasteiger partial charge is 0.360 e. The van der Waals surface area contributed by atoms with Crippen LogP contribution in [0.3, 0.4) is 0 Å². The van der Waals surface area contributed by atoms with Crippen molar-refractivity contribution < 1.29 is 9.32 Å². The standard InChI is InChI=1S/C18H31N3O2/c1-12(2)17-16(13(3)20-23-17)18(22)19-11-15(21(4)5)14-9-7-6-8-10-14/h12,14-15H,6-11H2,1-5H3,(H,19,22). The molecule has 130 valence electrons. The number of rotatable bonds is 6. The maximum Gasteiger partial charge on any atom is 0.256 e. The van der Waals surface area contributed by atoms with Crippen molar-refractivity contribution in [2.24, 2.45) is 5.92 Å². The van der Waals surface area contributed by atoms with Gasteiger partial charge in [0.2, 0.25) is 0 Å². The van der Waals surface area contributed by atoms with E-state index in [1.165, 1.54) is 32.1 Å². The van der Waals surface area contributed by atoms with Crippen LogP contribution in [0.2, 0.25) is 0 Å². The van der Waals surface area contributed by atoms with Gasteiger partial charge in [0, 0.05) is 18.5 Å². The van der Waals surface area contributed by atoms with Crippen molar-refractivity contribution >= 4 is 5.91 Å². The van der Waals surface area contributed by atoms with Gasteiger partial charge < -0.3 is 14.7 Å². The van der Waals surface area contributed by atoms with E-state index in [0.717, 1.165) is 0 Å². The van der Waals surface area contributed by atoms with Crippen molar-refractivity contribution in [2.45, 2.75) is 64.8 Å². The van der Waals surface area contributed by atoms with Gasteiger partial charge in [-0.25, -0.2) is 0 Å². The summed E-state index contributed by atoms with van der Waals surface area (Å²) < 4.78 is 5.33. The molecule has 0 aromatic carbocycles. The Hall–Kier alpha value is -1.36. The Bertz CT molecular complexity index is 516. The van der Waals surface area contributed by atoms with Gasteiger partial charge >= 0.3 is 0 Å². The molecule has 1 aliphatic carbocycles. The summed E-state index contributed by atoms with van der Waals surface area (Å²) in [6.07, 6.45) is 6.50. The van der Waals surface area contributed by atoms with E-state index in [1.54, 1.807) is 0 Å². The number of likely N-dealkylation sites (N-methyl/N-ethyl adjacent to an activating group) is 1. The third-order valence-electron chi connectivity index (χ3n) is 4.97. The van der Waals surface area contributed by atoms with Crippen molar-refractivity contribution in [3.8, 4) is 0 Å². The second kappa shape index (κ2) is 7.95. The Balaban J connectivity index is 2.03. The Morgan fingerprint density at radius 2 is 1.96 bits per heavy atom. The molecular formula is C18H31N3O2. The normalized spacial score (nSPS) is 17.7. The van der Waals surface area contributed by atoms with Gasteiger partial charge in [-0.05, 0) is 39.8 Å². The molecule has 1 heterocycles. The van der Waals surface area contributed by atoms with Crippen molar-refractivity contribution in [3.05, 3.63) is 17.0 Å². The van der Waals surface area contributed by atoms with Crippen LogP contribution in [0.25, 0.3) is 0 Å². The number of aryl methyl sites for hydroxylation is 1. The predicted octanol–water partition coefficient (Wildman–Crippen LogP) is 3.35. The number of nitrogens with one attached hydrogen (secondary N) is 1. The summed E-state index contributed by atoms with van der Waals surface area (Å²) in [4.78, 5) is 14.9. The summed E-state index contributed by atoms with van der Waals surface area (Å²) in [5.74, 6) is 1.45. The van der Waals surface area contributed by atoms with E-state index in [9.17, 15) is 4.79 Å². The van der Waals surface area contributed by atoms with Crippen LogP contribution in [0.15, 0.2) is 4.52 Å². The van der Waals surface area contributed by atoms with E-state index in [0.29, 0.717) is 35.5 Å². The van der Waals surface area contributed by atoms with Gasteiger partial charge in [-0.3, -0.25) is 4.79 Å². The maximum absolute atomic E-state index is 12.6. The molecule has 1 aromatic heterocycles. The Labute approximate surface area is 139 Å². The number of hydrogen-bond acceptors (Lipinski definition) is 4. The first-order valence-electron chi connectivity index (χ1n) is 8.82. The van der Waals surface area contributed by atoms with Crippen molar-refractivity contribution in [1.82, 2.24) is 15.4 Å². The highest BCUT2D eigenvalue weighted by molar-refractivity contribution is 5.96. The van der Waals surface area contributed by atoms with Crippen molar-refractivity contribution in [1.29, 1.82) is 0 Å². The lowest BCUT2D eigenvalue weighted by Gasteiger charge is -2.35. The minimum absolute atomic E-state index is 0.0601. The van der Waals surface area contributed by atoms with Crippen molar-refractivity contribution in [2.75, 3.05) is 20.6 Å². The molecule has 1 atom stereocenters. The molecule has 0 saturated heterocycles. The van der Waals surface area contributed by atoms with Gasteiger partial charge in [-0.15, -0.1) is 0 Å². The molecule has 0 radical (unpaired) electrons. The lowest BCUT2D eigenvalue weighted by Crippen LogP contribution is -2.45. The molecule has 2 rings (SSSR count). The van der Waals surface area contributed by atoms with Gasteiger partial charge in [-0.1, -0.05) is 38.3 Å². The lowest BCUT2D eigenvalue weighted by molar-refractivity contribution is 0.0919. The van der Waals surface area contributed by atoms with Crippen LogP contribution in [0.1, 0.15) is 73.7 Å². The van der Waals surface area contributed by atoms with Gasteiger partial charge in [0.25, 0.3) is 5.91 Å². The number of carbonyl (C=O) groups excluding carboxylic acids is 1.